The molecule has 0 aliphatic carbocycles. The predicted molar refractivity (Wildman–Crippen MR) is 110 cm³/mol. The zero-order valence-electron chi connectivity index (χ0n) is 17.0. The zero-order chi connectivity index (χ0) is 20.4. The van der Waals surface area contributed by atoms with Crippen LogP contribution in [0.15, 0.2) is 36.4 Å². The monoisotopic (exact) mass is 391 g/mol. The maximum Gasteiger partial charge on any atom is 0.222 e. The molecule has 150 valence electrons. The summed E-state index contributed by atoms with van der Waals surface area (Å²) in [5.74, 6) is 1.52. The van der Waals surface area contributed by atoms with Crippen molar-refractivity contribution in [2.75, 3.05) is 6.61 Å². The van der Waals surface area contributed by atoms with E-state index in [9.17, 15) is 4.79 Å². The molecule has 7 heteroatoms. The third-order valence-corrected chi connectivity index (χ3v) is 5.35. The van der Waals surface area contributed by atoms with E-state index in [2.05, 4.69) is 65.0 Å². The number of rotatable bonds is 5. The topological polar surface area (TPSA) is 81.9 Å². The largest absolute Gasteiger partial charge is 0.493 e. The van der Waals surface area contributed by atoms with E-state index in [-0.39, 0.29) is 11.9 Å². The van der Waals surface area contributed by atoms with E-state index >= 15 is 0 Å². The Labute approximate surface area is 170 Å². The minimum atomic E-state index is -0.0636. The second-order valence-corrected chi connectivity index (χ2v) is 7.53. The Kier molecular flexibility index (Phi) is 5.29. The van der Waals surface area contributed by atoms with Crippen molar-refractivity contribution in [1.82, 2.24) is 25.5 Å². The Bertz CT molecular complexity index is 1040. The average molecular weight is 391 g/mol. The Balaban J connectivity index is 1.53. The van der Waals surface area contributed by atoms with Crippen LogP contribution in [-0.2, 0) is 11.3 Å². The van der Waals surface area contributed by atoms with E-state index in [0.29, 0.717) is 25.4 Å². The Hall–Kier alpha value is -3.22. The van der Waals surface area contributed by atoms with Crippen molar-refractivity contribution < 1.29 is 9.53 Å². The van der Waals surface area contributed by atoms with Gasteiger partial charge in [-0.25, -0.2) is 4.68 Å². The van der Waals surface area contributed by atoms with Gasteiger partial charge in [-0.05, 0) is 60.0 Å². The van der Waals surface area contributed by atoms with Crippen LogP contribution in [0.2, 0.25) is 0 Å². The molecule has 29 heavy (non-hydrogen) atoms. The van der Waals surface area contributed by atoms with Gasteiger partial charge in [0, 0.05) is 18.4 Å². The Morgan fingerprint density at radius 2 is 2.07 bits per heavy atom. The van der Waals surface area contributed by atoms with Gasteiger partial charge in [0.05, 0.1) is 19.2 Å². The summed E-state index contributed by atoms with van der Waals surface area (Å²) in [5, 5.41) is 14.5. The molecule has 1 aliphatic heterocycles. The highest BCUT2D eigenvalue weighted by atomic mass is 16.5. The van der Waals surface area contributed by atoms with Crippen LogP contribution in [0.3, 0.4) is 0 Å². The number of hydrogen-bond donors (Lipinski definition) is 1. The minimum absolute atomic E-state index is 0.0186. The number of ether oxygens (including phenoxy) is 1. The molecule has 2 heterocycles. The van der Waals surface area contributed by atoms with E-state index < -0.39 is 0 Å². The number of carbonyl (C=O) groups excluding carboxylic acids is 1. The summed E-state index contributed by atoms with van der Waals surface area (Å²) in [4.78, 5) is 12.5. The Morgan fingerprint density at radius 1 is 1.21 bits per heavy atom. The number of aromatic nitrogens is 4. The molecule has 2 aromatic carbocycles. The van der Waals surface area contributed by atoms with Crippen molar-refractivity contribution in [2.45, 2.75) is 46.2 Å². The van der Waals surface area contributed by atoms with Crippen LogP contribution in [0.4, 0.5) is 0 Å². The van der Waals surface area contributed by atoms with Gasteiger partial charge in [-0.3, -0.25) is 4.79 Å². The zero-order valence-corrected chi connectivity index (χ0v) is 17.0. The first-order valence-corrected chi connectivity index (χ1v) is 9.88. The van der Waals surface area contributed by atoms with Crippen molar-refractivity contribution in [3.05, 3.63) is 58.9 Å². The average Bonchev–Trinajstić information content (AvgIpc) is 3.13. The Morgan fingerprint density at radius 3 is 2.86 bits per heavy atom. The second-order valence-electron chi connectivity index (χ2n) is 7.53. The van der Waals surface area contributed by atoms with E-state index in [1.54, 1.807) is 4.68 Å². The molecule has 1 atom stereocenters. The smallest absolute Gasteiger partial charge is 0.222 e. The summed E-state index contributed by atoms with van der Waals surface area (Å²) in [6, 6.07) is 12.6. The molecule has 1 unspecified atom stereocenters. The van der Waals surface area contributed by atoms with Crippen molar-refractivity contribution in [1.29, 1.82) is 0 Å². The fourth-order valence-electron chi connectivity index (χ4n) is 3.69. The van der Waals surface area contributed by atoms with Crippen molar-refractivity contribution in [3.8, 4) is 16.9 Å². The van der Waals surface area contributed by atoms with Gasteiger partial charge in [0.2, 0.25) is 5.91 Å². The fraction of sp³-hybridized carbons (Fsp3) is 0.364. The quantitative estimate of drug-likeness (QED) is 0.722. The molecule has 0 bridgehead atoms. The maximum atomic E-state index is 12.5. The number of benzene rings is 2. The summed E-state index contributed by atoms with van der Waals surface area (Å²) in [6.45, 7) is 7.09. The van der Waals surface area contributed by atoms with Gasteiger partial charge in [0.15, 0.2) is 0 Å². The molecular formula is C22H25N5O2. The molecule has 0 spiro atoms. The number of fused-ring (bicyclic) bond motifs is 1. The lowest BCUT2D eigenvalue weighted by Crippen LogP contribution is -2.32. The standard InChI is InChI=1S/C22H25N5O2/c1-14-4-5-15(2)18(12-14)17-6-7-21-19(13-17)20(9-11-29-21)23-22(28)8-10-27-16(3)24-25-26-27/h4-7,12-13,20H,8-11H2,1-3H3,(H,23,28). The summed E-state index contributed by atoms with van der Waals surface area (Å²) >= 11 is 0. The molecule has 0 saturated carbocycles. The first-order chi connectivity index (χ1) is 14.0. The predicted octanol–water partition coefficient (Wildman–Crippen LogP) is 3.30. The van der Waals surface area contributed by atoms with Crippen LogP contribution < -0.4 is 10.1 Å². The van der Waals surface area contributed by atoms with Crippen LogP contribution in [-0.4, -0.2) is 32.7 Å². The maximum absolute atomic E-state index is 12.5. The highest BCUT2D eigenvalue weighted by Crippen LogP contribution is 2.36. The molecular weight excluding hydrogens is 366 g/mol. The molecule has 0 fully saturated rings. The summed E-state index contributed by atoms with van der Waals surface area (Å²) < 4.78 is 7.47. The number of hydrogen-bond acceptors (Lipinski definition) is 5. The van der Waals surface area contributed by atoms with Crippen molar-refractivity contribution in [3.63, 3.8) is 0 Å². The van der Waals surface area contributed by atoms with Gasteiger partial charge in [-0.15, -0.1) is 5.10 Å². The molecule has 0 radical (unpaired) electrons. The second kappa shape index (κ2) is 8.03. The normalized spacial score (nSPS) is 15.5. The van der Waals surface area contributed by atoms with E-state index in [1.807, 2.05) is 13.0 Å². The minimum Gasteiger partial charge on any atom is -0.493 e. The lowest BCUT2D eigenvalue weighted by atomic mass is 9.93. The lowest BCUT2D eigenvalue weighted by molar-refractivity contribution is -0.122. The van der Waals surface area contributed by atoms with Gasteiger partial charge in [0.25, 0.3) is 0 Å². The highest BCUT2D eigenvalue weighted by molar-refractivity contribution is 5.77. The molecule has 1 amide bonds. The third kappa shape index (κ3) is 4.13. The van der Waals surface area contributed by atoms with Crippen LogP contribution >= 0.6 is 0 Å². The SMILES string of the molecule is Cc1ccc(C)c(-c2ccc3c(c2)C(NC(=O)CCn2nnnc2C)CCO3)c1. The number of nitrogens with one attached hydrogen (secondary N) is 1. The number of tetrazole rings is 1. The van der Waals surface area contributed by atoms with Crippen LogP contribution in [0.1, 0.15) is 41.4 Å². The summed E-state index contributed by atoms with van der Waals surface area (Å²) in [7, 11) is 0. The van der Waals surface area contributed by atoms with Gasteiger partial charge in [0.1, 0.15) is 11.6 Å². The first kappa shape index (κ1) is 19.1. The van der Waals surface area contributed by atoms with Gasteiger partial charge in [-0.2, -0.15) is 0 Å². The number of aryl methyl sites for hydroxylation is 4. The van der Waals surface area contributed by atoms with Gasteiger partial charge in [-0.1, -0.05) is 29.8 Å². The van der Waals surface area contributed by atoms with Crippen molar-refractivity contribution >= 4 is 5.91 Å². The van der Waals surface area contributed by atoms with E-state index in [0.717, 1.165) is 23.3 Å². The molecule has 1 N–H and O–H groups in total. The molecule has 4 rings (SSSR count). The number of carbonyl (C=O) groups is 1. The van der Waals surface area contributed by atoms with Gasteiger partial charge >= 0.3 is 0 Å². The first-order valence-electron chi connectivity index (χ1n) is 9.88. The molecule has 1 aromatic heterocycles. The van der Waals surface area contributed by atoms with Crippen LogP contribution in [0, 0.1) is 20.8 Å². The molecule has 1 aliphatic rings. The fourth-order valence-corrected chi connectivity index (χ4v) is 3.69. The highest BCUT2D eigenvalue weighted by Gasteiger charge is 2.24. The van der Waals surface area contributed by atoms with Crippen molar-refractivity contribution in [2.24, 2.45) is 0 Å². The third-order valence-electron chi connectivity index (χ3n) is 5.35. The number of nitrogens with zero attached hydrogens (tertiary/aromatic N) is 4. The van der Waals surface area contributed by atoms with Crippen LogP contribution in [0.5, 0.6) is 5.75 Å². The molecule has 7 nitrogen and oxygen atoms in total. The summed E-state index contributed by atoms with van der Waals surface area (Å²) in [6.07, 6.45) is 1.08. The van der Waals surface area contributed by atoms with E-state index in [4.69, 9.17) is 4.74 Å². The molecule has 3 aromatic rings. The number of amides is 1. The molecule has 0 saturated heterocycles. The van der Waals surface area contributed by atoms with Crippen LogP contribution in [0.25, 0.3) is 11.1 Å². The van der Waals surface area contributed by atoms with E-state index in [1.165, 1.54) is 16.7 Å². The lowest BCUT2D eigenvalue weighted by Gasteiger charge is -2.27. The van der Waals surface area contributed by atoms with Gasteiger partial charge < -0.3 is 10.1 Å². The summed E-state index contributed by atoms with van der Waals surface area (Å²) in [5.41, 5.74) is 5.82.